The Bertz CT molecular complexity index is 939. The summed E-state index contributed by atoms with van der Waals surface area (Å²) in [6.07, 6.45) is 0. The van der Waals surface area contributed by atoms with Crippen molar-refractivity contribution in [2.75, 3.05) is 12.3 Å². The molecule has 0 unspecified atom stereocenters. The first-order chi connectivity index (χ1) is 13.0. The van der Waals surface area contributed by atoms with E-state index in [9.17, 15) is 9.18 Å². The maximum Gasteiger partial charge on any atom is 0.255 e. The number of amides is 1. The highest BCUT2D eigenvalue weighted by molar-refractivity contribution is 7.99. The zero-order valence-corrected chi connectivity index (χ0v) is 16.6. The Labute approximate surface area is 166 Å². The summed E-state index contributed by atoms with van der Waals surface area (Å²) in [5.74, 6) is 0.281. The van der Waals surface area contributed by atoms with Gasteiger partial charge in [-0.15, -0.1) is 11.8 Å². The molecule has 3 aromatic rings. The van der Waals surface area contributed by atoms with Crippen LogP contribution in [0.3, 0.4) is 0 Å². The van der Waals surface area contributed by atoms with Crippen LogP contribution >= 0.6 is 23.4 Å². The van der Waals surface area contributed by atoms with Crippen LogP contribution < -0.4 is 5.32 Å². The van der Waals surface area contributed by atoms with Gasteiger partial charge in [-0.1, -0.05) is 11.6 Å². The Balaban J connectivity index is 1.63. The summed E-state index contributed by atoms with van der Waals surface area (Å²) in [5, 5.41) is 8.07. The summed E-state index contributed by atoms with van der Waals surface area (Å²) >= 11 is 7.52. The maximum atomic E-state index is 13.1. The zero-order valence-electron chi connectivity index (χ0n) is 15.0. The molecule has 0 aliphatic rings. The van der Waals surface area contributed by atoms with Crippen LogP contribution in [0.15, 0.2) is 53.4 Å². The number of nitrogens with one attached hydrogen (secondary N) is 1. The number of nitrogens with zero attached hydrogens (tertiary/aromatic N) is 2. The van der Waals surface area contributed by atoms with Crippen molar-refractivity contribution in [3.8, 4) is 5.69 Å². The average molecular weight is 404 g/mol. The van der Waals surface area contributed by atoms with Gasteiger partial charge in [0.25, 0.3) is 5.91 Å². The standard InChI is InChI=1S/C20H19ClFN3OS/c1-13-19(14(2)25(24-13)17-7-5-16(22)6-8-17)20(26)23-11-12-27-18-9-3-15(21)4-10-18/h3-10H,11-12H2,1-2H3,(H,23,26). The van der Waals surface area contributed by atoms with Gasteiger partial charge in [0.05, 0.1) is 22.6 Å². The first kappa shape index (κ1) is 19.5. The quantitative estimate of drug-likeness (QED) is 0.475. The molecule has 1 aromatic heterocycles. The Morgan fingerprint density at radius 2 is 1.81 bits per heavy atom. The largest absolute Gasteiger partial charge is 0.351 e. The Hall–Kier alpha value is -2.31. The number of hydrogen-bond acceptors (Lipinski definition) is 3. The third kappa shape index (κ3) is 4.70. The lowest BCUT2D eigenvalue weighted by Gasteiger charge is -2.07. The lowest BCUT2D eigenvalue weighted by atomic mass is 10.2. The molecule has 3 rings (SSSR count). The molecule has 0 radical (unpaired) electrons. The van der Waals surface area contributed by atoms with Crippen LogP contribution in [-0.4, -0.2) is 28.0 Å². The van der Waals surface area contributed by atoms with E-state index in [0.29, 0.717) is 28.5 Å². The molecule has 27 heavy (non-hydrogen) atoms. The van der Waals surface area contributed by atoms with Gasteiger partial charge < -0.3 is 5.32 Å². The SMILES string of the molecule is Cc1nn(-c2ccc(F)cc2)c(C)c1C(=O)NCCSc1ccc(Cl)cc1. The van der Waals surface area contributed by atoms with E-state index in [1.165, 1.54) is 12.1 Å². The lowest BCUT2D eigenvalue weighted by Crippen LogP contribution is -2.26. The Kier molecular flexibility index (Phi) is 6.19. The van der Waals surface area contributed by atoms with Gasteiger partial charge >= 0.3 is 0 Å². The van der Waals surface area contributed by atoms with E-state index in [4.69, 9.17) is 11.6 Å². The third-order valence-corrected chi connectivity index (χ3v) is 5.33. The van der Waals surface area contributed by atoms with E-state index in [-0.39, 0.29) is 11.7 Å². The summed E-state index contributed by atoms with van der Waals surface area (Å²) in [7, 11) is 0. The number of hydrogen-bond donors (Lipinski definition) is 1. The number of carbonyl (C=O) groups is 1. The van der Waals surface area contributed by atoms with Crippen LogP contribution in [-0.2, 0) is 0 Å². The zero-order chi connectivity index (χ0) is 19.4. The van der Waals surface area contributed by atoms with E-state index >= 15 is 0 Å². The molecular formula is C20H19ClFN3OS. The number of aryl methyl sites for hydroxylation is 1. The van der Waals surface area contributed by atoms with Crippen LogP contribution in [0.2, 0.25) is 5.02 Å². The molecule has 0 saturated carbocycles. The molecule has 0 aliphatic heterocycles. The van der Waals surface area contributed by atoms with Crippen molar-refractivity contribution >= 4 is 29.3 Å². The minimum Gasteiger partial charge on any atom is -0.351 e. The second-order valence-corrected chi connectivity index (χ2v) is 7.60. The third-order valence-electron chi connectivity index (χ3n) is 4.06. The molecule has 0 aliphatic carbocycles. The number of benzene rings is 2. The molecule has 0 saturated heterocycles. The van der Waals surface area contributed by atoms with Gasteiger partial charge in [0, 0.05) is 22.2 Å². The summed E-state index contributed by atoms with van der Waals surface area (Å²) in [4.78, 5) is 13.7. The maximum absolute atomic E-state index is 13.1. The highest BCUT2D eigenvalue weighted by Gasteiger charge is 2.19. The number of thioether (sulfide) groups is 1. The monoisotopic (exact) mass is 403 g/mol. The van der Waals surface area contributed by atoms with Crippen molar-refractivity contribution in [3.05, 3.63) is 76.3 Å². The molecule has 1 N–H and O–H groups in total. The van der Waals surface area contributed by atoms with Crippen molar-refractivity contribution < 1.29 is 9.18 Å². The van der Waals surface area contributed by atoms with E-state index in [1.54, 1.807) is 35.5 Å². The van der Waals surface area contributed by atoms with Gasteiger partial charge in [-0.3, -0.25) is 4.79 Å². The second kappa shape index (κ2) is 8.59. The Morgan fingerprint density at radius 3 is 2.48 bits per heavy atom. The number of aromatic nitrogens is 2. The van der Waals surface area contributed by atoms with Gasteiger partial charge in [-0.25, -0.2) is 9.07 Å². The fourth-order valence-corrected chi connectivity index (χ4v) is 3.65. The van der Waals surface area contributed by atoms with Gasteiger partial charge in [-0.05, 0) is 62.4 Å². The molecule has 2 aromatic carbocycles. The topological polar surface area (TPSA) is 46.9 Å². The summed E-state index contributed by atoms with van der Waals surface area (Å²) in [5.41, 5.74) is 2.63. The van der Waals surface area contributed by atoms with Crippen LogP contribution in [0.1, 0.15) is 21.7 Å². The predicted molar refractivity (Wildman–Crippen MR) is 108 cm³/mol. The first-order valence-corrected chi connectivity index (χ1v) is 9.81. The average Bonchev–Trinajstić information content (AvgIpc) is 2.95. The molecule has 1 amide bonds. The molecule has 4 nitrogen and oxygen atoms in total. The fraction of sp³-hybridized carbons (Fsp3) is 0.200. The number of halogens is 2. The molecule has 7 heteroatoms. The van der Waals surface area contributed by atoms with Crippen molar-refractivity contribution in [3.63, 3.8) is 0 Å². The number of carbonyl (C=O) groups excluding carboxylic acids is 1. The number of rotatable bonds is 6. The van der Waals surface area contributed by atoms with Gasteiger partial charge in [-0.2, -0.15) is 5.10 Å². The van der Waals surface area contributed by atoms with Crippen LogP contribution in [0.25, 0.3) is 5.69 Å². The van der Waals surface area contributed by atoms with Crippen molar-refractivity contribution in [1.82, 2.24) is 15.1 Å². The van der Waals surface area contributed by atoms with Crippen molar-refractivity contribution in [1.29, 1.82) is 0 Å². The van der Waals surface area contributed by atoms with Gasteiger partial charge in [0.15, 0.2) is 0 Å². The Morgan fingerprint density at radius 1 is 1.15 bits per heavy atom. The highest BCUT2D eigenvalue weighted by Crippen LogP contribution is 2.20. The van der Waals surface area contributed by atoms with Gasteiger partial charge in [0.1, 0.15) is 5.82 Å². The molecule has 0 atom stereocenters. The van der Waals surface area contributed by atoms with Crippen molar-refractivity contribution in [2.24, 2.45) is 0 Å². The first-order valence-electron chi connectivity index (χ1n) is 8.44. The minimum absolute atomic E-state index is 0.157. The predicted octanol–water partition coefficient (Wildman–Crippen LogP) is 4.80. The summed E-state index contributed by atoms with van der Waals surface area (Å²) in [6, 6.07) is 13.6. The van der Waals surface area contributed by atoms with E-state index < -0.39 is 0 Å². The smallest absolute Gasteiger partial charge is 0.255 e. The second-order valence-electron chi connectivity index (χ2n) is 5.99. The van der Waals surface area contributed by atoms with Crippen LogP contribution in [0, 0.1) is 19.7 Å². The summed E-state index contributed by atoms with van der Waals surface area (Å²) in [6.45, 7) is 4.16. The highest BCUT2D eigenvalue weighted by atomic mass is 35.5. The van der Waals surface area contributed by atoms with Gasteiger partial charge in [0.2, 0.25) is 0 Å². The van der Waals surface area contributed by atoms with E-state index in [2.05, 4.69) is 10.4 Å². The molecule has 0 fully saturated rings. The molecule has 0 bridgehead atoms. The molecular weight excluding hydrogens is 385 g/mol. The molecule has 0 spiro atoms. The molecule has 1 heterocycles. The summed E-state index contributed by atoms with van der Waals surface area (Å²) < 4.78 is 14.8. The minimum atomic E-state index is -0.309. The van der Waals surface area contributed by atoms with E-state index in [1.807, 2.05) is 31.2 Å². The van der Waals surface area contributed by atoms with Crippen LogP contribution in [0.4, 0.5) is 4.39 Å². The fourth-order valence-electron chi connectivity index (χ4n) is 2.76. The van der Waals surface area contributed by atoms with Crippen molar-refractivity contribution in [2.45, 2.75) is 18.7 Å². The van der Waals surface area contributed by atoms with E-state index in [0.717, 1.165) is 16.3 Å². The van der Waals surface area contributed by atoms with Crippen LogP contribution in [0.5, 0.6) is 0 Å². The molecule has 140 valence electrons. The normalized spacial score (nSPS) is 10.8. The lowest BCUT2D eigenvalue weighted by molar-refractivity contribution is 0.0955.